The summed E-state index contributed by atoms with van der Waals surface area (Å²) in [4.78, 5) is 14.3. The molecule has 100 valence electrons. The van der Waals surface area contributed by atoms with Crippen molar-refractivity contribution in [1.82, 2.24) is 10.2 Å². The van der Waals surface area contributed by atoms with E-state index in [4.69, 9.17) is 0 Å². The molecule has 1 fully saturated rings. The maximum absolute atomic E-state index is 12.4. The Bertz CT molecular complexity index is 434. The number of halogens is 1. The molecule has 0 spiro atoms. The quantitative estimate of drug-likeness (QED) is 0.847. The van der Waals surface area contributed by atoms with Crippen molar-refractivity contribution in [2.45, 2.75) is 26.8 Å². The summed E-state index contributed by atoms with van der Waals surface area (Å²) in [5, 5.41) is 3.30. The number of carbonyl (C=O) groups excluding carboxylic acids is 1. The van der Waals surface area contributed by atoms with Crippen molar-refractivity contribution in [3.63, 3.8) is 0 Å². The van der Waals surface area contributed by atoms with Crippen LogP contribution in [0.1, 0.15) is 28.4 Å². The van der Waals surface area contributed by atoms with Crippen LogP contribution in [0.25, 0.3) is 0 Å². The van der Waals surface area contributed by atoms with Gasteiger partial charge in [0.25, 0.3) is 5.91 Å². The molecule has 1 unspecified atom stereocenters. The van der Waals surface area contributed by atoms with Gasteiger partial charge >= 0.3 is 0 Å². The fourth-order valence-corrected chi connectivity index (χ4v) is 2.18. The zero-order chi connectivity index (χ0) is 12.4. The van der Waals surface area contributed by atoms with Gasteiger partial charge in [0.05, 0.1) is 0 Å². The van der Waals surface area contributed by atoms with Gasteiger partial charge in [-0.05, 0) is 44.0 Å². The molecule has 1 aromatic rings. The number of piperazine rings is 1. The summed E-state index contributed by atoms with van der Waals surface area (Å²) in [7, 11) is 0. The molecule has 0 saturated carbocycles. The second kappa shape index (κ2) is 6.21. The second-order valence-electron chi connectivity index (χ2n) is 4.85. The second-order valence-corrected chi connectivity index (χ2v) is 4.85. The van der Waals surface area contributed by atoms with Gasteiger partial charge in [0.2, 0.25) is 0 Å². The number of amides is 1. The van der Waals surface area contributed by atoms with Gasteiger partial charge in [-0.1, -0.05) is 6.07 Å². The summed E-state index contributed by atoms with van der Waals surface area (Å²) < 4.78 is 0. The third-order valence-electron chi connectivity index (χ3n) is 3.52. The first-order valence-electron chi connectivity index (χ1n) is 6.18. The zero-order valence-corrected chi connectivity index (χ0v) is 12.0. The molecule has 4 heteroatoms. The normalized spacial score (nSPS) is 19.3. The van der Waals surface area contributed by atoms with Gasteiger partial charge in [-0.2, -0.15) is 0 Å². The summed E-state index contributed by atoms with van der Waals surface area (Å²) in [6.45, 7) is 8.78. The Morgan fingerprint density at radius 3 is 2.67 bits per heavy atom. The van der Waals surface area contributed by atoms with E-state index in [9.17, 15) is 4.79 Å². The zero-order valence-electron chi connectivity index (χ0n) is 11.2. The Balaban J connectivity index is 0.00000162. The Morgan fingerprint density at radius 1 is 1.33 bits per heavy atom. The molecular weight excluding hydrogens is 248 g/mol. The van der Waals surface area contributed by atoms with Gasteiger partial charge in [0, 0.05) is 31.2 Å². The lowest BCUT2D eigenvalue weighted by Crippen LogP contribution is -2.52. The van der Waals surface area contributed by atoms with E-state index in [1.165, 1.54) is 11.1 Å². The van der Waals surface area contributed by atoms with Crippen molar-refractivity contribution >= 4 is 18.3 Å². The fraction of sp³-hybridized carbons (Fsp3) is 0.500. The van der Waals surface area contributed by atoms with Crippen molar-refractivity contribution in [2.24, 2.45) is 0 Å². The highest BCUT2D eigenvalue weighted by molar-refractivity contribution is 5.94. The minimum absolute atomic E-state index is 0. The van der Waals surface area contributed by atoms with Crippen LogP contribution in [-0.2, 0) is 0 Å². The van der Waals surface area contributed by atoms with Gasteiger partial charge < -0.3 is 10.2 Å². The number of benzene rings is 1. The lowest BCUT2D eigenvalue weighted by atomic mass is 10.0. The maximum Gasteiger partial charge on any atom is 0.254 e. The Labute approximate surface area is 115 Å². The number of nitrogens with one attached hydrogen (secondary N) is 1. The van der Waals surface area contributed by atoms with Crippen LogP contribution in [-0.4, -0.2) is 36.5 Å². The minimum atomic E-state index is 0. The van der Waals surface area contributed by atoms with E-state index in [0.717, 1.165) is 25.2 Å². The van der Waals surface area contributed by atoms with Crippen molar-refractivity contribution < 1.29 is 4.79 Å². The third kappa shape index (κ3) is 3.03. The van der Waals surface area contributed by atoms with Gasteiger partial charge in [0.1, 0.15) is 0 Å². The molecule has 1 saturated heterocycles. The van der Waals surface area contributed by atoms with Crippen LogP contribution in [0.2, 0.25) is 0 Å². The van der Waals surface area contributed by atoms with E-state index in [-0.39, 0.29) is 24.4 Å². The van der Waals surface area contributed by atoms with E-state index in [1.54, 1.807) is 0 Å². The Morgan fingerprint density at radius 2 is 2.06 bits per heavy atom. The molecule has 0 bridgehead atoms. The van der Waals surface area contributed by atoms with Gasteiger partial charge in [-0.3, -0.25) is 4.79 Å². The van der Waals surface area contributed by atoms with E-state index >= 15 is 0 Å². The van der Waals surface area contributed by atoms with Crippen LogP contribution in [0.3, 0.4) is 0 Å². The van der Waals surface area contributed by atoms with Crippen LogP contribution in [0, 0.1) is 13.8 Å². The highest BCUT2D eigenvalue weighted by Gasteiger charge is 2.23. The monoisotopic (exact) mass is 268 g/mol. The molecule has 1 atom stereocenters. The molecule has 0 radical (unpaired) electrons. The van der Waals surface area contributed by atoms with Crippen molar-refractivity contribution in [2.75, 3.05) is 19.6 Å². The van der Waals surface area contributed by atoms with Gasteiger partial charge in [-0.25, -0.2) is 0 Å². The molecule has 1 aliphatic rings. The minimum Gasteiger partial charge on any atom is -0.333 e. The predicted molar refractivity (Wildman–Crippen MR) is 76.5 cm³/mol. The average molecular weight is 269 g/mol. The first-order valence-corrected chi connectivity index (χ1v) is 6.18. The van der Waals surface area contributed by atoms with Crippen LogP contribution in [0.5, 0.6) is 0 Å². The number of hydrogen-bond acceptors (Lipinski definition) is 2. The molecule has 0 aliphatic carbocycles. The largest absolute Gasteiger partial charge is 0.333 e. The Kier molecular flexibility index (Phi) is 5.17. The highest BCUT2D eigenvalue weighted by atomic mass is 35.5. The first-order chi connectivity index (χ1) is 8.09. The van der Waals surface area contributed by atoms with Crippen LogP contribution >= 0.6 is 12.4 Å². The first kappa shape index (κ1) is 15.0. The lowest BCUT2D eigenvalue weighted by Gasteiger charge is -2.34. The summed E-state index contributed by atoms with van der Waals surface area (Å²) in [6, 6.07) is 6.22. The summed E-state index contributed by atoms with van der Waals surface area (Å²) >= 11 is 0. The number of nitrogens with zero attached hydrogens (tertiary/aromatic N) is 1. The van der Waals surface area contributed by atoms with E-state index in [0.29, 0.717) is 0 Å². The molecule has 3 nitrogen and oxygen atoms in total. The SMILES string of the molecule is Cc1ccc(C(=O)N2CCNCC2C)cc1C.Cl. The van der Waals surface area contributed by atoms with Crippen molar-refractivity contribution in [1.29, 1.82) is 0 Å². The number of carbonyl (C=O) groups is 1. The number of aryl methyl sites for hydroxylation is 2. The topological polar surface area (TPSA) is 32.3 Å². The summed E-state index contributed by atoms with van der Waals surface area (Å²) in [5.74, 6) is 0.155. The lowest BCUT2D eigenvalue weighted by molar-refractivity contribution is 0.0655. The molecule has 2 rings (SSSR count). The summed E-state index contributed by atoms with van der Waals surface area (Å²) in [6.07, 6.45) is 0. The van der Waals surface area contributed by atoms with Crippen molar-refractivity contribution in [3.8, 4) is 0 Å². The molecule has 1 amide bonds. The van der Waals surface area contributed by atoms with Crippen LogP contribution < -0.4 is 5.32 Å². The average Bonchev–Trinajstić information content (AvgIpc) is 2.32. The van der Waals surface area contributed by atoms with E-state index in [1.807, 2.05) is 30.0 Å². The highest BCUT2D eigenvalue weighted by Crippen LogP contribution is 2.14. The molecular formula is C14H21ClN2O. The smallest absolute Gasteiger partial charge is 0.254 e. The molecule has 1 N–H and O–H groups in total. The molecule has 1 aliphatic heterocycles. The van der Waals surface area contributed by atoms with Crippen molar-refractivity contribution in [3.05, 3.63) is 34.9 Å². The van der Waals surface area contributed by atoms with E-state index in [2.05, 4.69) is 19.2 Å². The third-order valence-corrected chi connectivity index (χ3v) is 3.52. The molecule has 1 aromatic carbocycles. The van der Waals surface area contributed by atoms with Crippen LogP contribution in [0.15, 0.2) is 18.2 Å². The molecule has 0 aromatic heterocycles. The van der Waals surface area contributed by atoms with Gasteiger partial charge in [-0.15, -0.1) is 12.4 Å². The predicted octanol–water partition coefficient (Wildman–Crippen LogP) is 2.16. The van der Waals surface area contributed by atoms with Crippen LogP contribution in [0.4, 0.5) is 0 Å². The van der Waals surface area contributed by atoms with E-state index < -0.39 is 0 Å². The fourth-order valence-electron chi connectivity index (χ4n) is 2.18. The molecule has 18 heavy (non-hydrogen) atoms. The number of rotatable bonds is 1. The van der Waals surface area contributed by atoms with Gasteiger partial charge in [0.15, 0.2) is 0 Å². The Hall–Kier alpha value is -1.06. The molecule has 1 heterocycles. The standard InChI is InChI=1S/C14H20N2O.ClH/c1-10-4-5-13(8-11(10)2)14(17)16-7-6-15-9-12(16)3;/h4-5,8,12,15H,6-7,9H2,1-3H3;1H. The number of hydrogen-bond donors (Lipinski definition) is 1. The summed E-state index contributed by atoms with van der Waals surface area (Å²) in [5.41, 5.74) is 3.22. The maximum atomic E-state index is 12.4.